The van der Waals surface area contributed by atoms with E-state index in [2.05, 4.69) is 10.4 Å². The van der Waals surface area contributed by atoms with Crippen LogP contribution >= 0.6 is 0 Å². The van der Waals surface area contributed by atoms with Crippen molar-refractivity contribution in [2.75, 3.05) is 32.2 Å². The Bertz CT molecular complexity index is 695. The molecular formula is C18H23N3O4. The highest BCUT2D eigenvalue weighted by molar-refractivity contribution is 6.06. The largest absolute Gasteiger partial charge is 0.490 e. The molecule has 2 heterocycles. The highest BCUT2D eigenvalue weighted by atomic mass is 16.5. The summed E-state index contributed by atoms with van der Waals surface area (Å²) in [5.41, 5.74) is 1.13. The van der Waals surface area contributed by atoms with Gasteiger partial charge in [0.1, 0.15) is 12.4 Å². The number of carbonyl (C=O) groups excluding carboxylic acids is 1. The summed E-state index contributed by atoms with van der Waals surface area (Å²) in [4.78, 5) is 12.5. The van der Waals surface area contributed by atoms with Gasteiger partial charge in [0.25, 0.3) is 5.91 Å². The maximum Gasteiger partial charge on any atom is 0.259 e. The highest BCUT2D eigenvalue weighted by Crippen LogP contribution is 2.20. The van der Waals surface area contributed by atoms with Gasteiger partial charge in [-0.3, -0.25) is 9.48 Å². The molecule has 1 saturated heterocycles. The van der Waals surface area contributed by atoms with Gasteiger partial charge in [-0.2, -0.15) is 5.10 Å². The Morgan fingerprint density at radius 2 is 2.28 bits per heavy atom. The maximum absolute atomic E-state index is 12.5. The van der Waals surface area contributed by atoms with Crippen LogP contribution in [0.3, 0.4) is 0 Å². The van der Waals surface area contributed by atoms with Gasteiger partial charge in [-0.15, -0.1) is 0 Å². The normalized spacial score (nSPS) is 16.8. The number of carbonyl (C=O) groups is 1. The molecule has 25 heavy (non-hydrogen) atoms. The molecule has 1 amide bonds. The van der Waals surface area contributed by atoms with Gasteiger partial charge in [0.05, 0.1) is 36.7 Å². The summed E-state index contributed by atoms with van der Waals surface area (Å²) in [5, 5.41) is 7.14. The van der Waals surface area contributed by atoms with Crippen molar-refractivity contribution in [2.45, 2.75) is 25.5 Å². The number of aromatic nitrogens is 2. The van der Waals surface area contributed by atoms with Gasteiger partial charge >= 0.3 is 0 Å². The third kappa shape index (κ3) is 4.80. The lowest BCUT2D eigenvalue weighted by atomic mass is 10.2. The van der Waals surface area contributed by atoms with E-state index in [4.69, 9.17) is 14.2 Å². The zero-order chi connectivity index (χ0) is 17.5. The fourth-order valence-electron chi connectivity index (χ4n) is 2.74. The van der Waals surface area contributed by atoms with Crippen LogP contribution in [-0.4, -0.2) is 48.7 Å². The van der Waals surface area contributed by atoms with Gasteiger partial charge in [0, 0.05) is 19.9 Å². The third-order valence-electron chi connectivity index (χ3n) is 3.98. The second-order valence-corrected chi connectivity index (χ2v) is 5.88. The van der Waals surface area contributed by atoms with Gasteiger partial charge in [0.15, 0.2) is 0 Å². The number of anilines is 1. The fourth-order valence-corrected chi connectivity index (χ4v) is 2.74. The lowest BCUT2D eigenvalue weighted by molar-refractivity contribution is 0.0940. The van der Waals surface area contributed by atoms with Crippen molar-refractivity contribution in [1.82, 2.24) is 9.78 Å². The van der Waals surface area contributed by atoms with E-state index in [0.29, 0.717) is 36.8 Å². The summed E-state index contributed by atoms with van der Waals surface area (Å²) in [7, 11) is 1.61. The molecule has 3 rings (SSSR count). The maximum atomic E-state index is 12.5. The van der Waals surface area contributed by atoms with Crippen LogP contribution in [0.15, 0.2) is 36.7 Å². The summed E-state index contributed by atoms with van der Waals surface area (Å²) >= 11 is 0. The Kier molecular flexibility index (Phi) is 6.03. The first kappa shape index (κ1) is 17.4. The number of hydrogen-bond donors (Lipinski definition) is 1. The van der Waals surface area contributed by atoms with Crippen molar-refractivity contribution < 1.29 is 19.0 Å². The summed E-state index contributed by atoms with van der Waals surface area (Å²) in [6.45, 7) is 2.37. The Labute approximate surface area is 146 Å². The predicted molar refractivity (Wildman–Crippen MR) is 93.0 cm³/mol. The second-order valence-electron chi connectivity index (χ2n) is 5.88. The van der Waals surface area contributed by atoms with Gasteiger partial charge < -0.3 is 19.5 Å². The first-order valence-electron chi connectivity index (χ1n) is 8.42. The van der Waals surface area contributed by atoms with E-state index in [0.717, 1.165) is 19.4 Å². The van der Waals surface area contributed by atoms with Gasteiger partial charge in [-0.25, -0.2) is 0 Å². The molecule has 1 aromatic heterocycles. The molecular weight excluding hydrogens is 322 g/mol. The lowest BCUT2D eigenvalue weighted by Crippen LogP contribution is -2.16. The third-order valence-corrected chi connectivity index (χ3v) is 3.98. The molecule has 0 spiro atoms. The lowest BCUT2D eigenvalue weighted by Gasteiger charge is -2.11. The minimum atomic E-state index is -0.232. The number of para-hydroxylation sites is 1. The van der Waals surface area contributed by atoms with Crippen LogP contribution in [0.5, 0.6) is 5.75 Å². The van der Waals surface area contributed by atoms with Crippen LogP contribution < -0.4 is 10.1 Å². The van der Waals surface area contributed by atoms with Crippen LogP contribution in [-0.2, 0) is 16.0 Å². The number of benzene rings is 1. The van der Waals surface area contributed by atoms with E-state index in [1.807, 2.05) is 12.3 Å². The molecule has 0 unspecified atom stereocenters. The Hall–Kier alpha value is -2.38. The number of nitrogens with zero attached hydrogens (tertiary/aromatic N) is 2. The minimum Gasteiger partial charge on any atom is -0.490 e. The van der Waals surface area contributed by atoms with Crippen LogP contribution in [0.1, 0.15) is 23.2 Å². The number of ether oxygens (including phenoxy) is 3. The summed E-state index contributed by atoms with van der Waals surface area (Å²) < 4.78 is 18.0. The zero-order valence-corrected chi connectivity index (χ0v) is 14.3. The molecule has 7 nitrogen and oxygen atoms in total. The number of amides is 1. The summed E-state index contributed by atoms with van der Waals surface area (Å²) in [6.07, 6.45) is 5.80. The van der Waals surface area contributed by atoms with E-state index in [1.54, 1.807) is 36.2 Å². The van der Waals surface area contributed by atoms with Crippen molar-refractivity contribution in [1.29, 1.82) is 0 Å². The quantitative estimate of drug-likeness (QED) is 0.743. The van der Waals surface area contributed by atoms with E-state index < -0.39 is 0 Å². The standard InChI is InChI=1S/C18H23N3O4/c1-23-9-10-25-17-7-3-2-6-16(17)18(22)20-14-11-19-21(12-14)13-15-5-4-8-24-15/h2-3,6-7,11-12,15H,4-5,8-10,13H2,1H3,(H,20,22)/t15-/m0/s1. The molecule has 1 aliphatic rings. The van der Waals surface area contributed by atoms with Gasteiger partial charge in [-0.1, -0.05) is 12.1 Å². The van der Waals surface area contributed by atoms with Crippen molar-refractivity contribution >= 4 is 11.6 Å². The molecule has 0 saturated carbocycles. The molecule has 2 aromatic rings. The Morgan fingerprint density at radius 3 is 3.08 bits per heavy atom. The van der Waals surface area contributed by atoms with Crippen LogP contribution in [0.25, 0.3) is 0 Å². The number of rotatable bonds is 8. The Morgan fingerprint density at radius 1 is 1.40 bits per heavy atom. The topological polar surface area (TPSA) is 74.6 Å². The first-order valence-corrected chi connectivity index (χ1v) is 8.42. The van der Waals surface area contributed by atoms with Crippen molar-refractivity contribution in [2.24, 2.45) is 0 Å². The second kappa shape index (κ2) is 8.64. The number of methoxy groups -OCH3 is 1. The van der Waals surface area contributed by atoms with Crippen molar-refractivity contribution in [3.05, 3.63) is 42.2 Å². The molecule has 134 valence electrons. The Balaban J connectivity index is 1.61. The van der Waals surface area contributed by atoms with Gasteiger partial charge in [0.2, 0.25) is 0 Å². The summed E-state index contributed by atoms with van der Waals surface area (Å²) in [5.74, 6) is 0.300. The molecule has 0 radical (unpaired) electrons. The van der Waals surface area contributed by atoms with Gasteiger partial charge in [-0.05, 0) is 25.0 Å². The minimum absolute atomic E-state index is 0.207. The molecule has 1 aromatic carbocycles. The highest BCUT2D eigenvalue weighted by Gasteiger charge is 2.17. The molecule has 7 heteroatoms. The van der Waals surface area contributed by atoms with Crippen molar-refractivity contribution in [3.8, 4) is 5.75 Å². The molecule has 0 aliphatic carbocycles. The average Bonchev–Trinajstić information content (AvgIpc) is 3.28. The van der Waals surface area contributed by atoms with E-state index in [9.17, 15) is 4.79 Å². The molecule has 0 bridgehead atoms. The zero-order valence-electron chi connectivity index (χ0n) is 14.3. The molecule has 1 N–H and O–H groups in total. The molecule has 1 atom stereocenters. The number of nitrogens with one attached hydrogen (secondary N) is 1. The van der Waals surface area contributed by atoms with Crippen LogP contribution in [0, 0.1) is 0 Å². The smallest absolute Gasteiger partial charge is 0.259 e. The predicted octanol–water partition coefficient (Wildman–Crippen LogP) is 2.34. The SMILES string of the molecule is COCCOc1ccccc1C(=O)Nc1cnn(C[C@@H]2CCCO2)c1. The van der Waals surface area contributed by atoms with E-state index in [1.165, 1.54) is 0 Å². The fraction of sp³-hybridized carbons (Fsp3) is 0.444. The summed E-state index contributed by atoms with van der Waals surface area (Å²) in [6, 6.07) is 7.14. The molecule has 1 aliphatic heterocycles. The average molecular weight is 345 g/mol. The van der Waals surface area contributed by atoms with Crippen LogP contribution in [0.4, 0.5) is 5.69 Å². The van der Waals surface area contributed by atoms with E-state index in [-0.39, 0.29) is 12.0 Å². The first-order chi connectivity index (χ1) is 12.3. The van der Waals surface area contributed by atoms with Crippen LogP contribution in [0.2, 0.25) is 0 Å². The monoisotopic (exact) mass is 345 g/mol. The van der Waals surface area contributed by atoms with Crippen molar-refractivity contribution in [3.63, 3.8) is 0 Å². The number of hydrogen-bond acceptors (Lipinski definition) is 5. The van der Waals surface area contributed by atoms with E-state index >= 15 is 0 Å². The molecule has 1 fully saturated rings.